The lowest BCUT2D eigenvalue weighted by molar-refractivity contribution is -0.150. The van der Waals surface area contributed by atoms with Crippen molar-refractivity contribution in [1.29, 1.82) is 0 Å². The molecular weight excluding hydrogens is 1070 g/mol. The fourth-order valence-electron chi connectivity index (χ4n) is 10.7. The summed E-state index contributed by atoms with van der Waals surface area (Å²) in [6.45, 7) is 8.73. The van der Waals surface area contributed by atoms with Crippen LogP contribution in [0.5, 0.6) is 0 Å². The molecule has 0 radical (unpaired) electrons. The number of unbranched alkanes of at least 4 members (excludes halogenated alkanes) is 1. The molecule has 3 aliphatic heterocycles. The second-order valence-electron chi connectivity index (χ2n) is 22.4. The number of amides is 9. The van der Waals surface area contributed by atoms with Crippen LogP contribution in [0.2, 0.25) is 0 Å². The molecule has 3 fully saturated rings. The number of aliphatic hydroxyl groups is 1. The number of nitrogens with one attached hydrogen (secondary N) is 7. The zero-order valence-corrected chi connectivity index (χ0v) is 48.3. The van der Waals surface area contributed by atoms with Crippen LogP contribution in [0.1, 0.15) is 123 Å². The summed E-state index contributed by atoms with van der Waals surface area (Å²) in [4.78, 5) is 154. The van der Waals surface area contributed by atoms with Crippen LogP contribution in [0.3, 0.4) is 0 Å². The number of carboxylic acids is 1. The number of guanidine groups is 1. The number of H-pyrrole nitrogens is 1. The van der Waals surface area contributed by atoms with Crippen LogP contribution < -0.4 is 49.1 Å². The molecule has 5 rings (SSSR count). The third-order valence-corrected chi connectivity index (χ3v) is 15.2. The van der Waals surface area contributed by atoms with Crippen LogP contribution in [0.15, 0.2) is 47.8 Å². The third-order valence-electron chi connectivity index (χ3n) is 15.2. The molecule has 9 amide bonds. The number of aliphatic imine (C=N–C) groups is 1. The molecule has 458 valence electrons. The number of aliphatic hydroxyl groups excluding tert-OH is 1. The molecule has 15 N–H and O–H groups in total. The average molecular weight is 1160 g/mol. The topological polar surface area (TPSA) is 412 Å². The van der Waals surface area contributed by atoms with Crippen LogP contribution in [-0.4, -0.2) is 193 Å². The fourth-order valence-corrected chi connectivity index (χ4v) is 10.7. The second-order valence-corrected chi connectivity index (χ2v) is 22.4. The van der Waals surface area contributed by atoms with E-state index >= 15 is 0 Å². The Bertz CT molecular complexity index is 2560. The summed E-state index contributed by atoms with van der Waals surface area (Å²) < 4.78 is 0. The first kappa shape index (κ1) is 66.1. The normalized spacial score (nSPS) is 19.4. The van der Waals surface area contributed by atoms with Crippen molar-refractivity contribution < 1.29 is 58.2 Å². The van der Waals surface area contributed by atoms with E-state index in [9.17, 15) is 58.2 Å². The van der Waals surface area contributed by atoms with Crippen molar-refractivity contribution >= 4 is 65.1 Å². The van der Waals surface area contributed by atoms with E-state index in [1.54, 1.807) is 44.2 Å². The Morgan fingerprint density at radius 2 is 1.20 bits per heavy atom. The summed E-state index contributed by atoms with van der Waals surface area (Å²) in [6, 6.07) is -2.98. The van der Waals surface area contributed by atoms with Crippen LogP contribution in [0.25, 0.3) is 0 Å². The Balaban J connectivity index is 1.30. The molecule has 0 saturated carbocycles. The molecule has 83 heavy (non-hydrogen) atoms. The number of imidazole rings is 1. The van der Waals surface area contributed by atoms with Gasteiger partial charge < -0.3 is 79.0 Å². The van der Waals surface area contributed by atoms with E-state index in [0.717, 1.165) is 12.8 Å². The Morgan fingerprint density at radius 3 is 1.76 bits per heavy atom. The standard InChI is InChI=1S/C56H87N15O12/c1-6-7-17-36(57)52(79)69-23-12-19-42(69)50(77)65-38(26-32(2)3)47(74)64-39(28-35-29-60-31-62-35)48(75)67-41(30-72)49(76)63-37(18-11-22-61-56(58)59)46(73)68-45(33(4)5)54(81)70-24-13-20-43(70)51(78)66-40(27-34-15-9-8-10-16-34)53(80)71-25-14-21-44(71)55(82)83/h8-10,15-16,29,31-33,36-45,72H,6-7,11-14,17-28,30,57H2,1-5H3,(H,60,62)(H,63,76)(H,64,74)(H,65,77)(H,66,78)(H,67,75)(H,68,73)(H,82,83)(H4,58,59,61)/t36-,37-,38-,39-,40-,41-,42-,43-,44+,45-/m0/s1. The monoisotopic (exact) mass is 1160 g/mol. The number of likely N-dealkylation sites (tertiary alicyclic amines) is 3. The molecule has 4 heterocycles. The molecule has 1 aromatic heterocycles. The largest absolute Gasteiger partial charge is 0.480 e. The summed E-state index contributed by atoms with van der Waals surface area (Å²) in [5, 5.41) is 36.6. The molecule has 3 saturated heterocycles. The molecule has 0 aliphatic carbocycles. The number of rotatable bonds is 31. The van der Waals surface area contributed by atoms with Crippen LogP contribution in [0.4, 0.5) is 0 Å². The first-order valence-electron chi connectivity index (χ1n) is 28.9. The van der Waals surface area contributed by atoms with Gasteiger partial charge in [0.25, 0.3) is 0 Å². The SMILES string of the molecule is CCCC[C@H](N)C(=O)N1CCC[C@H]1C(=O)N[C@@H](CC(C)C)C(=O)N[C@@H](Cc1cnc[nH]1)C(=O)N[C@@H](CO)C(=O)N[C@@H](CCCN=C(N)N)C(=O)N[C@H](C(=O)N1CCC[C@H]1C(=O)N[C@@H](Cc1ccccc1)C(=O)N1CCC[C@@H]1C(=O)O)C(C)C. The summed E-state index contributed by atoms with van der Waals surface area (Å²) in [5.74, 6) is -8.32. The molecule has 1 aromatic carbocycles. The van der Waals surface area contributed by atoms with Crippen LogP contribution in [-0.2, 0) is 60.8 Å². The number of nitrogens with two attached hydrogens (primary N) is 3. The molecule has 2 aromatic rings. The van der Waals surface area contributed by atoms with Crippen molar-refractivity contribution in [3.63, 3.8) is 0 Å². The van der Waals surface area contributed by atoms with Crippen molar-refractivity contribution in [3.05, 3.63) is 54.1 Å². The number of hydrogen-bond donors (Lipinski definition) is 12. The number of carbonyl (C=O) groups is 10. The number of hydrogen-bond acceptors (Lipinski definition) is 14. The minimum Gasteiger partial charge on any atom is -0.480 e. The number of carboxylic acid groups (broad SMARTS) is 1. The van der Waals surface area contributed by atoms with Crippen molar-refractivity contribution in [2.75, 3.05) is 32.8 Å². The Morgan fingerprint density at radius 1 is 0.663 bits per heavy atom. The zero-order valence-electron chi connectivity index (χ0n) is 48.3. The van der Waals surface area contributed by atoms with Gasteiger partial charge in [0, 0.05) is 50.9 Å². The van der Waals surface area contributed by atoms with Gasteiger partial charge in [-0.25, -0.2) is 9.78 Å². The molecule has 27 heteroatoms. The Kier molecular flexibility index (Phi) is 25.7. The number of aliphatic carboxylic acids is 1. The van der Waals surface area contributed by atoms with E-state index in [1.165, 1.54) is 27.2 Å². The number of benzene rings is 1. The predicted molar refractivity (Wildman–Crippen MR) is 305 cm³/mol. The van der Waals surface area contributed by atoms with Gasteiger partial charge in [-0.15, -0.1) is 0 Å². The van der Waals surface area contributed by atoms with Gasteiger partial charge in [0.1, 0.15) is 54.4 Å². The van der Waals surface area contributed by atoms with Crippen molar-refractivity contribution in [2.45, 2.75) is 185 Å². The average Bonchev–Trinajstić information content (AvgIpc) is 4.47. The van der Waals surface area contributed by atoms with E-state index in [1.807, 2.05) is 20.8 Å². The van der Waals surface area contributed by atoms with E-state index < -0.39 is 126 Å². The first-order valence-corrected chi connectivity index (χ1v) is 28.9. The van der Waals surface area contributed by atoms with Gasteiger partial charge in [0.15, 0.2) is 5.96 Å². The van der Waals surface area contributed by atoms with Gasteiger partial charge in [-0.3, -0.25) is 48.1 Å². The molecule has 27 nitrogen and oxygen atoms in total. The Labute approximate surface area is 484 Å². The molecular formula is C56H87N15O12. The lowest BCUT2D eigenvalue weighted by Gasteiger charge is -2.33. The summed E-state index contributed by atoms with van der Waals surface area (Å²) >= 11 is 0. The number of aromatic nitrogens is 2. The summed E-state index contributed by atoms with van der Waals surface area (Å²) in [6.07, 6.45) is 7.16. The van der Waals surface area contributed by atoms with Crippen molar-refractivity contribution in [3.8, 4) is 0 Å². The minimum atomic E-state index is -1.71. The third kappa shape index (κ3) is 19.2. The highest BCUT2D eigenvalue weighted by atomic mass is 16.4. The van der Waals surface area contributed by atoms with Gasteiger partial charge in [-0.05, 0) is 81.6 Å². The first-order chi connectivity index (χ1) is 39.5. The van der Waals surface area contributed by atoms with Gasteiger partial charge in [-0.2, -0.15) is 0 Å². The molecule has 0 bridgehead atoms. The van der Waals surface area contributed by atoms with Crippen molar-refractivity contribution in [1.82, 2.24) is 56.6 Å². The van der Waals surface area contributed by atoms with Gasteiger partial charge >= 0.3 is 5.97 Å². The maximum atomic E-state index is 14.6. The molecule has 10 atom stereocenters. The van der Waals surface area contributed by atoms with Crippen molar-refractivity contribution in [2.24, 2.45) is 34.0 Å². The number of aromatic amines is 1. The molecule has 0 unspecified atom stereocenters. The molecule has 0 spiro atoms. The maximum Gasteiger partial charge on any atom is 0.326 e. The second kappa shape index (κ2) is 32.2. The minimum absolute atomic E-state index is 0.0270. The number of nitrogens with zero attached hydrogens (tertiary/aromatic N) is 5. The maximum absolute atomic E-state index is 14.6. The number of carbonyl (C=O) groups excluding carboxylic acids is 9. The predicted octanol–water partition coefficient (Wildman–Crippen LogP) is -1.57. The highest BCUT2D eigenvalue weighted by Crippen LogP contribution is 2.24. The van der Waals surface area contributed by atoms with E-state index in [4.69, 9.17) is 17.2 Å². The van der Waals surface area contributed by atoms with Gasteiger partial charge in [0.05, 0.1) is 19.0 Å². The highest BCUT2D eigenvalue weighted by Gasteiger charge is 2.44. The fraction of sp³-hybridized carbons (Fsp3) is 0.643. The quantitative estimate of drug-likeness (QED) is 0.0230. The van der Waals surface area contributed by atoms with E-state index in [0.29, 0.717) is 49.9 Å². The van der Waals surface area contributed by atoms with Crippen LogP contribution in [0, 0.1) is 11.8 Å². The van der Waals surface area contributed by atoms with Crippen LogP contribution >= 0.6 is 0 Å². The smallest absolute Gasteiger partial charge is 0.326 e. The highest BCUT2D eigenvalue weighted by molar-refractivity contribution is 5.99. The van der Waals surface area contributed by atoms with Gasteiger partial charge in [-0.1, -0.05) is 77.8 Å². The zero-order chi connectivity index (χ0) is 60.9. The van der Waals surface area contributed by atoms with E-state index in [-0.39, 0.29) is 82.4 Å². The summed E-state index contributed by atoms with van der Waals surface area (Å²) in [7, 11) is 0. The van der Waals surface area contributed by atoms with E-state index in [2.05, 4.69) is 46.9 Å². The summed E-state index contributed by atoms with van der Waals surface area (Å²) in [5.41, 5.74) is 18.4. The molecule has 3 aliphatic rings. The lowest BCUT2D eigenvalue weighted by Crippen LogP contribution is -2.61. The lowest BCUT2D eigenvalue weighted by atomic mass is 10.0. The van der Waals surface area contributed by atoms with Gasteiger partial charge in [0.2, 0.25) is 53.2 Å². The Hall–Kier alpha value is -7.68.